The van der Waals surface area contributed by atoms with Crippen molar-refractivity contribution in [2.75, 3.05) is 6.61 Å². The molecular formula is C17H20N2OS. The third-order valence-electron chi connectivity index (χ3n) is 3.32. The first kappa shape index (κ1) is 15.5. The van der Waals surface area contributed by atoms with Crippen LogP contribution in [0.2, 0.25) is 0 Å². The smallest absolute Gasteiger partial charge is 0.122 e. The van der Waals surface area contributed by atoms with Crippen LogP contribution in [0.15, 0.2) is 24.3 Å². The van der Waals surface area contributed by atoms with Gasteiger partial charge in [-0.1, -0.05) is 32.0 Å². The number of ether oxygens (including phenoxy) is 1. The van der Waals surface area contributed by atoms with Gasteiger partial charge in [0.25, 0.3) is 0 Å². The van der Waals surface area contributed by atoms with Crippen molar-refractivity contribution in [1.29, 1.82) is 5.26 Å². The van der Waals surface area contributed by atoms with Gasteiger partial charge in [-0.2, -0.15) is 5.26 Å². The molecule has 0 atom stereocenters. The first-order valence-electron chi connectivity index (χ1n) is 7.33. The zero-order valence-electron chi connectivity index (χ0n) is 12.6. The van der Waals surface area contributed by atoms with Crippen LogP contribution in [0.25, 0.3) is 0 Å². The minimum absolute atomic E-state index is 0.459. The Hall–Kier alpha value is -1.86. The van der Waals surface area contributed by atoms with Crippen molar-refractivity contribution in [3.63, 3.8) is 0 Å². The minimum Gasteiger partial charge on any atom is -0.493 e. The van der Waals surface area contributed by atoms with Crippen LogP contribution in [0.3, 0.4) is 0 Å². The number of nitriles is 1. The second kappa shape index (κ2) is 7.80. The molecule has 0 saturated carbocycles. The molecule has 21 heavy (non-hydrogen) atoms. The number of aromatic nitrogens is 1. The number of hydrogen-bond donors (Lipinski definition) is 0. The fraction of sp³-hybridized carbons (Fsp3) is 0.412. The molecule has 0 aliphatic carbocycles. The molecule has 0 spiro atoms. The minimum atomic E-state index is 0.459. The lowest BCUT2D eigenvalue weighted by molar-refractivity contribution is 0.318. The molecule has 0 amide bonds. The van der Waals surface area contributed by atoms with Crippen LogP contribution in [0.1, 0.15) is 35.0 Å². The third-order valence-corrected chi connectivity index (χ3v) is 4.48. The Morgan fingerprint density at radius 1 is 1.24 bits per heavy atom. The van der Waals surface area contributed by atoms with Crippen molar-refractivity contribution < 1.29 is 4.74 Å². The normalized spacial score (nSPS) is 10.3. The summed E-state index contributed by atoms with van der Waals surface area (Å²) in [6.45, 7) is 4.83. The van der Waals surface area contributed by atoms with E-state index in [1.54, 1.807) is 11.3 Å². The number of thiazole rings is 1. The Labute approximate surface area is 130 Å². The summed E-state index contributed by atoms with van der Waals surface area (Å²) in [7, 11) is 0. The fourth-order valence-corrected chi connectivity index (χ4v) is 3.29. The quantitative estimate of drug-likeness (QED) is 0.777. The van der Waals surface area contributed by atoms with Crippen molar-refractivity contribution in [3.8, 4) is 11.8 Å². The molecule has 0 fully saturated rings. The molecule has 0 radical (unpaired) electrons. The molecule has 1 aromatic carbocycles. The molecular weight excluding hydrogens is 280 g/mol. The van der Waals surface area contributed by atoms with Gasteiger partial charge in [-0.25, -0.2) is 4.98 Å². The Kier molecular flexibility index (Phi) is 5.77. The molecule has 2 rings (SSSR count). The Bertz CT molecular complexity index is 628. The maximum absolute atomic E-state index is 8.84. The van der Waals surface area contributed by atoms with Gasteiger partial charge in [-0.3, -0.25) is 0 Å². The highest BCUT2D eigenvalue weighted by atomic mass is 32.1. The highest BCUT2D eigenvalue weighted by Gasteiger charge is 2.09. The van der Waals surface area contributed by atoms with Gasteiger partial charge in [-0.05, 0) is 24.5 Å². The van der Waals surface area contributed by atoms with Crippen LogP contribution in [-0.2, 0) is 25.7 Å². The van der Waals surface area contributed by atoms with E-state index in [4.69, 9.17) is 10.00 Å². The maximum atomic E-state index is 8.84. The van der Waals surface area contributed by atoms with Crippen molar-refractivity contribution >= 4 is 11.3 Å². The van der Waals surface area contributed by atoms with Gasteiger partial charge in [0.15, 0.2) is 0 Å². The van der Waals surface area contributed by atoms with E-state index in [-0.39, 0.29) is 0 Å². The molecule has 0 bridgehead atoms. The van der Waals surface area contributed by atoms with Crippen LogP contribution < -0.4 is 4.74 Å². The van der Waals surface area contributed by atoms with Crippen molar-refractivity contribution in [2.24, 2.45) is 0 Å². The number of rotatable bonds is 7. The molecule has 0 aliphatic rings. The van der Waals surface area contributed by atoms with Crippen LogP contribution in [0.5, 0.6) is 5.75 Å². The van der Waals surface area contributed by atoms with Crippen LogP contribution >= 0.6 is 11.3 Å². The van der Waals surface area contributed by atoms with E-state index in [0.717, 1.165) is 40.6 Å². The van der Waals surface area contributed by atoms with E-state index >= 15 is 0 Å². The van der Waals surface area contributed by atoms with Gasteiger partial charge in [0.2, 0.25) is 0 Å². The standard InChI is InChI=1S/C17H20N2OS/c1-3-13-7-5-6-8-15(13)20-12-10-17-19-14(4-2)16(21-17)9-11-18/h5-8H,3-4,9-10,12H2,1-2H3. The summed E-state index contributed by atoms with van der Waals surface area (Å²) in [6.07, 6.45) is 3.11. The molecule has 3 nitrogen and oxygen atoms in total. The van der Waals surface area contributed by atoms with Gasteiger partial charge >= 0.3 is 0 Å². The molecule has 0 saturated heterocycles. The van der Waals surface area contributed by atoms with Crippen LogP contribution in [-0.4, -0.2) is 11.6 Å². The summed E-state index contributed by atoms with van der Waals surface area (Å²) in [5.41, 5.74) is 2.29. The van der Waals surface area contributed by atoms with Gasteiger partial charge in [-0.15, -0.1) is 11.3 Å². The van der Waals surface area contributed by atoms with E-state index in [1.807, 2.05) is 18.2 Å². The van der Waals surface area contributed by atoms with E-state index in [2.05, 4.69) is 31.0 Å². The summed E-state index contributed by atoms with van der Waals surface area (Å²) in [5.74, 6) is 0.963. The highest BCUT2D eigenvalue weighted by Crippen LogP contribution is 2.22. The lowest BCUT2D eigenvalue weighted by Crippen LogP contribution is -2.03. The number of hydrogen-bond acceptors (Lipinski definition) is 4. The number of benzene rings is 1. The predicted molar refractivity (Wildman–Crippen MR) is 85.8 cm³/mol. The second-order valence-corrected chi connectivity index (χ2v) is 5.89. The Morgan fingerprint density at radius 3 is 2.76 bits per heavy atom. The fourth-order valence-electron chi connectivity index (χ4n) is 2.21. The molecule has 4 heteroatoms. The summed E-state index contributed by atoms with van der Waals surface area (Å²) in [4.78, 5) is 5.71. The lowest BCUT2D eigenvalue weighted by Gasteiger charge is -2.09. The Morgan fingerprint density at radius 2 is 2.05 bits per heavy atom. The van der Waals surface area contributed by atoms with E-state index in [9.17, 15) is 0 Å². The van der Waals surface area contributed by atoms with Gasteiger partial charge < -0.3 is 4.74 Å². The lowest BCUT2D eigenvalue weighted by atomic mass is 10.1. The molecule has 110 valence electrons. The predicted octanol–water partition coefficient (Wildman–Crippen LogP) is 3.96. The maximum Gasteiger partial charge on any atom is 0.122 e. The SMILES string of the molecule is CCc1ccccc1OCCc1nc(CC)c(CC#N)s1. The third kappa shape index (κ3) is 4.05. The van der Waals surface area contributed by atoms with Gasteiger partial charge in [0, 0.05) is 11.3 Å². The van der Waals surface area contributed by atoms with E-state index < -0.39 is 0 Å². The van der Waals surface area contributed by atoms with E-state index in [1.165, 1.54) is 5.56 Å². The topological polar surface area (TPSA) is 45.9 Å². The van der Waals surface area contributed by atoms with Gasteiger partial charge in [0.05, 0.1) is 29.8 Å². The van der Waals surface area contributed by atoms with Gasteiger partial charge in [0.1, 0.15) is 5.75 Å². The number of para-hydroxylation sites is 1. The largest absolute Gasteiger partial charge is 0.493 e. The molecule has 0 N–H and O–H groups in total. The van der Waals surface area contributed by atoms with Crippen molar-refractivity contribution in [3.05, 3.63) is 45.4 Å². The average Bonchev–Trinajstić information content (AvgIpc) is 2.90. The summed E-state index contributed by atoms with van der Waals surface area (Å²) in [5, 5.41) is 9.90. The second-order valence-electron chi connectivity index (χ2n) is 4.73. The monoisotopic (exact) mass is 300 g/mol. The highest BCUT2D eigenvalue weighted by molar-refractivity contribution is 7.11. The van der Waals surface area contributed by atoms with Crippen LogP contribution in [0, 0.1) is 11.3 Å². The van der Waals surface area contributed by atoms with E-state index in [0.29, 0.717) is 13.0 Å². The molecule has 2 aromatic rings. The molecule has 0 unspecified atom stereocenters. The zero-order chi connectivity index (χ0) is 15.1. The summed E-state index contributed by atoms with van der Waals surface area (Å²) in [6, 6.07) is 10.4. The summed E-state index contributed by atoms with van der Waals surface area (Å²) < 4.78 is 5.88. The van der Waals surface area contributed by atoms with Crippen molar-refractivity contribution in [2.45, 2.75) is 39.5 Å². The molecule has 0 aliphatic heterocycles. The summed E-state index contributed by atoms with van der Waals surface area (Å²) >= 11 is 1.64. The van der Waals surface area contributed by atoms with Crippen LogP contribution in [0.4, 0.5) is 0 Å². The number of nitrogens with zero attached hydrogens (tertiary/aromatic N) is 2. The molecule has 1 heterocycles. The van der Waals surface area contributed by atoms with Crippen molar-refractivity contribution in [1.82, 2.24) is 4.98 Å². The zero-order valence-corrected chi connectivity index (χ0v) is 13.4. The average molecular weight is 300 g/mol. The first-order valence-corrected chi connectivity index (χ1v) is 8.15. The number of aryl methyl sites for hydroxylation is 2. The Balaban J connectivity index is 1.96. The molecule has 1 aromatic heterocycles. The first-order chi connectivity index (χ1) is 10.3.